The summed E-state index contributed by atoms with van der Waals surface area (Å²) in [5.41, 5.74) is 12.0. The Balaban J connectivity index is 1.60. The number of rotatable bonds is 5. The number of aromatic nitrogens is 4. The molecule has 0 atom stereocenters. The van der Waals surface area contributed by atoms with E-state index in [9.17, 15) is 5.11 Å². The van der Waals surface area contributed by atoms with Crippen LogP contribution in [-0.2, 0) is 16.2 Å². The maximum atomic E-state index is 12.2. The van der Waals surface area contributed by atoms with Gasteiger partial charge in [-0.3, -0.25) is 14.5 Å². The van der Waals surface area contributed by atoms with Crippen molar-refractivity contribution in [2.45, 2.75) is 78.6 Å². The summed E-state index contributed by atoms with van der Waals surface area (Å²) in [6.45, 7) is 19.8. The van der Waals surface area contributed by atoms with Crippen LogP contribution in [-0.4, -0.2) is 24.6 Å². The number of fused-ring (bicyclic) bond motifs is 1. The van der Waals surface area contributed by atoms with E-state index in [2.05, 4.69) is 152 Å². The van der Waals surface area contributed by atoms with Crippen LogP contribution in [0, 0.1) is 0 Å². The second-order valence-electron chi connectivity index (χ2n) is 16.9. The first-order valence-corrected chi connectivity index (χ1v) is 18.1. The van der Waals surface area contributed by atoms with Crippen LogP contribution in [0.5, 0.6) is 5.75 Å². The van der Waals surface area contributed by atoms with Crippen LogP contribution in [0.2, 0.25) is 0 Å². The third-order valence-electron chi connectivity index (χ3n) is 9.89. The van der Waals surface area contributed by atoms with Crippen molar-refractivity contribution in [3.05, 3.63) is 138 Å². The predicted octanol–water partition coefficient (Wildman–Crippen LogP) is 12.1. The summed E-state index contributed by atoms with van der Waals surface area (Å²) in [5, 5.41) is 12.2. The fourth-order valence-electron chi connectivity index (χ4n) is 6.87. The number of phenols is 1. The van der Waals surface area contributed by atoms with Crippen LogP contribution in [0.15, 0.2) is 122 Å². The van der Waals surface area contributed by atoms with Crippen molar-refractivity contribution in [2.24, 2.45) is 0 Å². The Morgan fingerprint density at radius 1 is 0.558 bits per heavy atom. The minimum absolute atomic E-state index is 0.109. The lowest BCUT2D eigenvalue weighted by Gasteiger charge is -2.27. The highest BCUT2D eigenvalue weighted by Gasteiger charge is 2.29. The standard InChI is InChI=1S/C47H48N4O/c1-45(2,3)33-24-31(23-32(25-33)39-20-15-16-22-49-39)37-28-48-29-41-42(37)50-44(36-26-34(46(4,5)6)27-38(43(36)52)47(7,8)9)51(41)40-21-14-13-19-35(40)30-17-11-10-12-18-30/h10-29,52H,1-9H3. The molecule has 0 amide bonds. The topological polar surface area (TPSA) is 63.8 Å². The van der Waals surface area contributed by atoms with Crippen molar-refractivity contribution >= 4 is 11.0 Å². The molecular formula is C47H48N4O. The molecule has 52 heavy (non-hydrogen) atoms. The summed E-state index contributed by atoms with van der Waals surface area (Å²) in [6, 6.07) is 35.8. The largest absolute Gasteiger partial charge is 0.507 e. The Bertz CT molecular complexity index is 2400. The average Bonchev–Trinajstić information content (AvgIpc) is 3.50. The van der Waals surface area contributed by atoms with Gasteiger partial charge in [-0.05, 0) is 74.9 Å². The van der Waals surface area contributed by atoms with E-state index in [4.69, 9.17) is 15.0 Å². The van der Waals surface area contributed by atoms with E-state index in [-0.39, 0.29) is 22.0 Å². The van der Waals surface area contributed by atoms with Crippen LogP contribution < -0.4 is 0 Å². The lowest BCUT2D eigenvalue weighted by atomic mass is 9.79. The number of phenolic OH excluding ortho intramolecular Hbond substituents is 1. The van der Waals surface area contributed by atoms with Crippen molar-refractivity contribution in [2.75, 3.05) is 0 Å². The molecule has 3 aromatic heterocycles. The fraction of sp³-hybridized carbons (Fsp3) is 0.255. The van der Waals surface area contributed by atoms with Crippen molar-refractivity contribution in [1.29, 1.82) is 0 Å². The highest BCUT2D eigenvalue weighted by Crippen LogP contribution is 2.45. The van der Waals surface area contributed by atoms with Crippen molar-refractivity contribution in [3.8, 4) is 56.3 Å². The van der Waals surface area contributed by atoms with Gasteiger partial charge in [0.25, 0.3) is 0 Å². The molecule has 0 unspecified atom stereocenters. The Hall–Kier alpha value is -5.55. The van der Waals surface area contributed by atoms with Gasteiger partial charge in [-0.2, -0.15) is 0 Å². The van der Waals surface area contributed by atoms with Gasteiger partial charge in [0, 0.05) is 34.6 Å². The molecule has 1 N–H and O–H groups in total. The Kier molecular flexibility index (Phi) is 8.65. The zero-order valence-electron chi connectivity index (χ0n) is 31.8. The Morgan fingerprint density at radius 3 is 1.88 bits per heavy atom. The molecule has 0 saturated heterocycles. The van der Waals surface area contributed by atoms with Gasteiger partial charge in [0.15, 0.2) is 0 Å². The maximum absolute atomic E-state index is 12.2. The van der Waals surface area contributed by atoms with Crippen molar-refractivity contribution < 1.29 is 5.11 Å². The van der Waals surface area contributed by atoms with Crippen molar-refractivity contribution in [1.82, 2.24) is 19.5 Å². The Morgan fingerprint density at radius 2 is 1.21 bits per heavy atom. The van der Waals surface area contributed by atoms with E-state index < -0.39 is 0 Å². The van der Waals surface area contributed by atoms with E-state index in [0.717, 1.165) is 61.4 Å². The van der Waals surface area contributed by atoms with Crippen LogP contribution in [0.4, 0.5) is 0 Å². The zero-order chi connectivity index (χ0) is 37.0. The second kappa shape index (κ2) is 12.9. The predicted molar refractivity (Wildman–Crippen MR) is 216 cm³/mol. The molecule has 0 bridgehead atoms. The first-order valence-electron chi connectivity index (χ1n) is 18.1. The molecule has 7 aromatic rings. The first-order chi connectivity index (χ1) is 24.6. The summed E-state index contributed by atoms with van der Waals surface area (Å²) in [7, 11) is 0. The molecule has 5 heteroatoms. The van der Waals surface area contributed by atoms with Gasteiger partial charge in [0.05, 0.1) is 28.7 Å². The molecule has 3 heterocycles. The molecule has 4 aromatic carbocycles. The van der Waals surface area contributed by atoms with Gasteiger partial charge in [-0.25, -0.2) is 4.98 Å². The van der Waals surface area contributed by atoms with Crippen molar-refractivity contribution in [3.63, 3.8) is 0 Å². The number of nitrogens with zero attached hydrogens (tertiary/aromatic N) is 4. The monoisotopic (exact) mass is 684 g/mol. The van der Waals surface area contributed by atoms with Crippen LogP contribution in [0.25, 0.3) is 61.6 Å². The summed E-state index contributed by atoms with van der Waals surface area (Å²) in [6.07, 6.45) is 5.66. The van der Waals surface area contributed by atoms with Gasteiger partial charge >= 0.3 is 0 Å². The fourth-order valence-corrected chi connectivity index (χ4v) is 6.87. The SMILES string of the molecule is CC(C)(C)c1cc(-c2ccccn2)cc(-c2cncc3c2nc(-c2cc(C(C)(C)C)cc(C(C)(C)C)c2O)n3-c2ccccc2-c2ccccc2)c1. The summed E-state index contributed by atoms with van der Waals surface area (Å²) < 4.78 is 2.19. The minimum Gasteiger partial charge on any atom is -0.507 e. The highest BCUT2D eigenvalue weighted by molar-refractivity contribution is 5.97. The number of para-hydroxylation sites is 1. The molecule has 0 aliphatic heterocycles. The number of pyridine rings is 2. The number of aromatic hydroxyl groups is 1. The van der Waals surface area contributed by atoms with E-state index in [1.165, 1.54) is 5.56 Å². The van der Waals surface area contributed by atoms with Crippen LogP contribution in [0.1, 0.15) is 79.0 Å². The average molecular weight is 685 g/mol. The van der Waals surface area contributed by atoms with Gasteiger partial charge in [0.2, 0.25) is 0 Å². The molecule has 0 spiro atoms. The summed E-state index contributed by atoms with van der Waals surface area (Å²) >= 11 is 0. The van der Waals surface area contributed by atoms with E-state index in [1.54, 1.807) is 0 Å². The zero-order valence-corrected chi connectivity index (χ0v) is 31.8. The number of benzene rings is 4. The molecular weight excluding hydrogens is 637 g/mol. The quantitative estimate of drug-likeness (QED) is 0.196. The molecule has 0 aliphatic carbocycles. The van der Waals surface area contributed by atoms with E-state index >= 15 is 0 Å². The van der Waals surface area contributed by atoms with Crippen LogP contribution >= 0.6 is 0 Å². The summed E-state index contributed by atoms with van der Waals surface area (Å²) in [5.74, 6) is 0.912. The lowest BCUT2D eigenvalue weighted by Crippen LogP contribution is -2.17. The van der Waals surface area contributed by atoms with Gasteiger partial charge in [0.1, 0.15) is 17.1 Å². The van der Waals surface area contributed by atoms with E-state index in [1.807, 2.05) is 36.8 Å². The molecule has 0 saturated carbocycles. The molecule has 7 rings (SSSR count). The van der Waals surface area contributed by atoms with E-state index in [0.29, 0.717) is 11.4 Å². The third-order valence-corrected chi connectivity index (χ3v) is 9.89. The van der Waals surface area contributed by atoms with Crippen LogP contribution in [0.3, 0.4) is 0 Å². The number of hydrogen-bond donors (Lipinski definition) is 1. The number of hydrogen-bond acceptors (Lipinski definition) is 4. The molecule has 0 fully saturated rings. The smallest absolute Gasteiger partial charge is 0.149 e. The highest BCUT2D eigenvalue weighted by atomic mass is 16.3. The van der Waals surface area contributed by atoms with Gasteiger partial charge < -0.3 is 5.11 Å². The number of imidazole rings is 1. The lowest BCUT2D eigenvalue weighted by molar-refractivity contribution is 0.446. The Labute approximate surface area is 308 Å². The maximum Gasteiger partial charge on any atom is 0.149 e. The molecule has 262 valence electrons. The first kappa shape index (κ1) is 34.9. The molecule has 0 radical (unpaired) electrons. The molecule has 0 aliphatic rings. The minimum atomic E-state index is -0.305. The van der Waals surface area contributed by atoms with Gasteiger partial charge in [-0.1, -0.05) is 129 Å². The normalized spacial score (nSPS) is 12.4. The summed E-state index contributed by atoms with van der Waals surface area (Å²) in [4.78, 5) is 15.1. The third kappa shape index (κ3) is 6.52. The van der Waals surface area contributed by atoms with Gasteiger partial charge in [-0.15, -0.1) is 0 Å². The second-order valence-corrected chi connectivity index (χ2v) is 16.9. The molecule has 5 nitrogen and oxygen atoms in total.